The molecule has 1 N–H and O–H groups in total. The number of amides is 1. The lowest BCUT2D eigenvalue weighted by Crippen LogP contribution is -2.19. The predicted octanol–water partition coefficient (Wildman–Crippen LogP) is 1.91. The number of hydrogen-bond acceptors (Lipinski definition) is 6. The number of hydrazone groups is 1. The minimum absolute atomic E-state index is 0.116. The molecular weight excluding hydrogens is 308 g/mol. The molecule has 7 nitrogen and oxygen atoms in total. The lowest BCUT2D eigenvalue weighted by molar-refractivity contribution is 0.0950. The molecule has 0 unspecified atom stereocenters. The van der Waals surface area contributed by atoms with Gasteiger partial charge >= 0.3 is 0 Å². The van der Waals surface area contributed by atoms with Crippen molar-refractivity contribution in [3.63, 3.8) is 0 Å². The van der Waals surface area contributed by atoms with Gasteiger partial charge in [-0.3, -0.25) is 4.79 Å². The van der Waals surface area contributed by atoms with Gasteiger partial charge in [-0.05, 0) is 12.1 Å². The van der Waals surface area contributed by atoms with Crippen LogP contribution in [0.2, 0.25) is 5.15 Å². The van der Waals surface area contributed by atoms with Crippen LogP contribution in [0.4, 0.5) is 0 Å². The fraction of sp³-hybridized carbons (Fsp3) is 0.143. The maximum atomic E-state index is 11.8. The molecule has 0 atom stereocenters. The Bertz CT molecular complexity index is 667. The third kappa shape index (κ3) is 4.16. The van der Waals surface area contributed by atoms with Gasteiger partial charge in [-0.15, -0.1) is 0 Å². The molecule has 0 fully saturated rings. The number of methoxy groups -OCH3 is 2. The van der Waals surface area contributed by atoms with Gasteiger partial charge < -0.3 is 9.47 Å². The number of rotatable bonds is 5. The summed E-state index contributed by atoms with van der Waals surface area (Å²) in [7, 11) is 3.10. The molecule has 114 valence electrons. The summed E-state index contributed by atoms with van der Waals surface area (Å²) in [4.78, 5) is 19.4. The van der Waals surface area contributed by atoms with Crippen LogP contribution in [0.25, 0.3) is 0 Å². The van der Waals surface area contributed by atoms with E-state index in [0.717, 1.165) is 0 Å². The standard InChI is InChI=1S/C14H13ClN4O3/c1-21-10-3-9(4-11(5-10)22-2)6-18-19-14(20)12-7-17-13(15)8-16-12/h3-8H,1-2H3,(H,19,20)/b18-6+. The van der Waals surface area contributed by atoms with E-state index in [1.165, 1.54) is 18.6 Å². The van der Waals surface area contributed by atoms with Crippen molar-refractivity contribution in [3.05, 3.63) is 47.0 Å². The van der Waals surface area contributed by atoms with Crippen molar-refractivity contribution in [2.24, 2.45) is 5.10 Å². The molecule has 0 spiro atoms. The summed E-state index contributed by atoms with van der Waals surface area (Å²) in [6.45, 7) is 0. The van der Waals surface area contributed by atoms with E-state index in [2.05, 4.69) is 20.5 Å². The van der Waals surface area contributed by atoms with E-state index in [4.69, 9.17) is 21.1 Å². The Balaban J connectivity index is 2.05. The zero-order valence-electron chi connectivity index (χ0n) is 11.9. The van der Waals surface area contributed by atoms with Gasteiger partial charge in [0.05, 0.1) is 32.8 Å². The summed E-state index contributed by atoms with van der Waals surface area (Å²) >= 11 is 5.60. The lowest BCUT2D eigenvalue weighted by Gasteiger charge is -2.05. The first kappa shape index (κ1) is 15.7. The third-order valence-corrected chi connectivity index (χ3v) is 2.80. The van der Waals surface area contributed by atoms with Gasteiger partial charge in [0.25, 0.3) is 5.91 Å². The van der Waals surface area contributed by atoms with E-state index in [1.54, 1.807) is 32.4 Å². The first-order valence-electron chi connectivity index (χ1n) is 6.16. The summed E-state index contributed by atoms with van der Waals surface area (Å²) in [5.41, 5.74) is 3.17. The van der Waals surface area contributed by atoms with E-state index in [0.29, 0.717) is 17.1 Å². The normalized spacial score (nSPS) is 10.5. The highest BCUT2D eigenvalue weighted by atomic mass is 35.5. The van der Waals surface area contributed by atoms with Crippen LogP contribution in [-0.4, -0.2) is 36.3 Å². The topological polar surface area (TPSA) is 85.7 Å². The van der Waals surface area contributed by atoms with E-state index >= 15 is 0 Å². The number of carbonyl (C=O) groups excluding carboxylic acids is 1. The van der Waals surface area contributed by atoms with Crippen LogP contribution in [-0.2, 0) is 0 Å². The number of halogens is 1. The molecule has 0 aliphatic carbocycles. The molecule has 1 heterocycles. The number of aromatic nitrogens is 2. The van der Waals surface area contributed by atoms with Gasteiger partial charge in [0, 0.05) is 11.6 Å². The smallest absolute Gasteiger partial charge is 0.291 e. The number of nitrogens with one attached hydrogen (secondary N) is 1. The average Bonchev–Trinajstić information content (AvgIpc) is 2.55. The summed E-state index contributed by atoms with van der Waals surface area (Å²) in [6, 6.07) is 5.24. The molecule has 2 aromatic rings. The van der Waals surface area contributed by atoms with Crippen LogP contribution < -0.4 is 14.9 Å². The Kier molecular flexibility index (Phi) is 5.26. The summed E-state index contributed by atoms with van der Waals surface area (Å²) in [5, 5.41) is 4.07. The van der Waals surface area contributed by atoms with Crippen LogP contribution in [0.5, 0.6) is 11.5 Å². The SMILES string of the molecule is COc1cc(/C=N/NC(=O)c2cnc(Cl)cn2)cc(OC)c1. The largest absolute Gasteiger partial charge is 0.497 e. The molecule has 2 rings (SSSR count). The maximum absolute atomic E-state index is 11.8. The second-order valence-corrected chi connectivity index (χ2v) is 4.46. The van der Waals surface area contributed by atoms with Gasteiger partial charge in [-0.1, -0.05) is 11.6 Å². The third-order valence-electron chi connectivity index (χ3n) is 2.61. The monoisotopic (exact) mass is 320 g/mol. The van der Waals surface area contributed by atoms with Crippen molar-refractivity contribution in [2.75, 3.05) is 14.2 Å². The van der Waals surface area contributed by atoms with Crippen molar-refractivity contribution >= 4 is 23.7 Å². The molecular formula is C14H13ClN4O3. The minimum Gasteiger partial charge on any atom is -0.497 e. The van der Waals surface area contributed by atoms with Crippen LogP contribution in [0.15, 0.2) is 35.7 Å². The Hall–Kier alpha value is -2.67. The number of benzene rings is 1. The molecule has 0 radical (unpaired) electrons. The van der Waals surface area contributed by atoms with Gasteiger partial charge in [0.2, 0.25) is 0 Å². The molecule has 0 saturated carbocycles. The number of hydrogen-bond donors (Lipinski definition) is 1. The molecule has 0 bridgehead atoms. The van der Waals surface area contributed by atoms with Gasteiger partial charge in [-0.2, -0.15) is 5.10 Å². The Morgan fingerprint density at radius 3 is 2.41 bits per heavy atom. The fourth-order valence-corrected chi connectivity index (χ4v) is 1.65. The van der Waals surface area contributed by atoms with Gasteiger partial charge in [0.1, 0.15) is 22.3 Å². The van der Waals surface area contributed by atoms with E-state index in [-0.39, 0.29) is 10.8 Å². The molecule has 8 heteroatoms. The molecule has 0 saturated heterocycles. The summed E-state index contributed by atoms with van der Waals surface area (Å²) < 4.78 is 10.3. The average molecular weight is 321 g/mol. The quantitative estimate of drug-likeness (QED) is 0.672. The van der Waals surface area contributed by atoms with E-state index in [9.17, 15) is 4.79 Å². The highest BCUT2D eigenvalue weighted by molar-refractivity contribution is 6.29. The van der Waals surface area contributed by atoms with Crippen LogP contribution in [0, 0.1) is 0 Å². The van der Waals surface area contributed by atoms with Gasteiger partial charge in [0.15, 0.2) is 0 Å². The minimum atomic E-state index is -0.490. The molecule has 1 aromatic heterocycles. The maximum Gasteiger partial charge on any atom is 0.291 e. The molecule has 1 amide bonds. The Morgan fingerprint density at radius 2 is 1.86 bits per heavy atom. The first-order chi connectivity index (χ1) is 10.6. The van der Waals surface area contributed by atoms with Crippen LogP contribution in [0.3, 0.4) is 0 Å². The zero-order valence-corrected chi connectivity index (χ0v) is 12.7. The first-order valence-corrected chi connectivity index (χ1v) is 6.54. The number of ether oxygens (including phenoxy) is 2. The highest BCUT2D eigenvalue weighted by Crippen LogP contribution is 2.21. The number of nitrogens with zero attached hydrogens (tertiary/aromatic N) is 3. The summed E-state index contributed by atoms with van der Waals surface area (Å²) in [6.07, 6.45) is 4.02. The summed E-state index contributed by atoms with van der Waals surface area (Å²) in [5.74, 6) is 0.752. The van der Waals surface area contributed by atoms with Crippen LogP contribution >= 0.6 is 11.6 Å². The van der Waals surface area contributed by atoms with Crippen molar-refractivity contribution in [2.45, 2.75) is 0 Å². The highest BCUT2D eigenvalue weighted by Gasteiger charge is 2.06. The lowest BCUT2D eigenvalue weighted by atomic mass is 10.2. The Labute approximate surface area is 131 Å². The van der Waals surface area contributed by atoms with Crippen molar-refractivity contribution in [1.29, 1.82) is 0 Å². The second-order valence-electron chi connectivity index (χ2n) is 4.07. The molecule has 0 aliphatic heterocycles. The zero-order chi connectivity index (χ0) is 15.9. The molecule has 22 heavy (non-hydrogen) atoms. The van der Waals surface area contributed by atoms with E-state index in [1.807, 2.05) is 0 Å². The molecule has 0 aliphatic rings. The number of carbonyl (C=O) groups is 1. The molecule has 1 aromatic carbocycles. The fourth-order valence-electron chi connectivity index (χ4n) is 1.56. The van der Waals surface area contributed by atoms with Crippen molar-refractivity contribution in [1.82, 2.24) is 15.4 Å². The van der Waals surface area contributed by atoms with Crippen molar-refractivity contribution < 1.29 is 14.3 Å². The second kappa shape index (κ2) is 7.37. The van der Waals surface area contributed by atoms with E-state index < -0.39 is 5.91 Å². The van der Waals surface area contributed by atoms with Gasteiger partial charge in [-0.25, -0.2) is 15.4 Å². The predicted molar refractivity (Wildman–Crippen MR) is 81.6 cm³/mol. The van der Waals surface area contributed by atoms with Crippen molar-refractivity contribution in [3.8, 4) is 11.5 Å². The van der Waals surface area contributed by atoms with Crippen LogP contribution in [0.1, 0.15) is 16.1 Å². The Morgan fingerprint density at radius 1 is 1.18 bits per heavy atom.